The van der Waals surface area contributed by atoms with E-state index in [-0.39, 0.29) is 10.6 Å². The van der Waals surface area contributed by atoms with Gasteiger partial charge in [0.15, 0.2) is 0 Å². The van der Waals surface area contributed by atoms with Crippen LogP contribution < -0.4 is 5.32 Å². The van der Waals surface area contributed by atoms with Crippen LogP contribution in [-0.4, -0.2) is 35.5 Å². The zero-order chi connectivity index (χ0) is 15.4. The van der Waals surface area contributed by atoms with E-state index in [0.717, 1.165) is 36.1 Å². The van der Waals surface area contributed by atoms with Crippen LogP contribution in [0.25, 0.3) is 0 Å². The molecule has 1 fully saturated rings. The molecular weight excluding hydrogens is 334 g/mol. The molecule has 1 aliphatic rings. The zero-order valence-corrected chi connectivity index (χ0v) is 14.1. The normalized spacial score (nSPS) is 16.9. The molecule has 0 aromatic heterocycles. The van der Waals surface area contributed by atoms with E-state index >= 15 is 0 Å². The number of anilines is 1. The summed E-state index contributed by atoms with van der Waals surface area (Å²) in [4.78, 5) is 13.1. The third-order valence-corrected chi connectivity index (χ3v) is 4.63. The van der Waals surface area contributed by atoms with Gasteiger partial charge in [-0.2, -0.15) is 0 Å². The number of halogens is 1. The largest absolute Gasteiger partial charge is 0.381 e. The summed E-state index contributed by atoms with van der Waals surface area (Å²) < 4.78 is 0.760. The summed E-state index contributed by atoms with van der Waals surface area (Å²) in [5, 5.41) is 14.5. The molecule has 1 aromatic rings. The second-order valence-electron chi connectivity index (χ2n) is 5.64. The fraction of sp³-hybridized carbons (Fsp3) is 0.600. The van der Waals surface area contributed by atoms with Gasteiger partial charge >= 0.3 is 0 Å². The maximum atomic E-state index is 10.9. The van der Waals surface area contributed by atoms with Gasteiger partial charge in [0.2, 0.25) is 0 Å². The molecular formula is C15H22BrN3O2. The quantitative estimate of drug-likeness (QED) is 0.641. The lowest BCUT2D eigenvalue weighted by Gasteiger charge is -2.32. The molecule has 116 valence electrons. The van der Waals surface area contributed by atoms with Crippen molar-refractivity contribution in [1.82, 2.24) is 4.90 Å². The first-order valence-corrected chi connectivity index (χ1v) is 8.24. The third-order valence-electron chi connectivity index (χ3n) is 3.97. The molecule has 0 unspecified atom stereocenters. The van der Waals surface area contributed by atoms with Gasteiger partial charge in [0.1, 0.15) is 0 Å². The molecule has 0 spiro atoms. The lowest BCUT2D eigenvalue weighted by molar-refractivity contribution is -0.385. The van der Waals surface area contributed by atoms with Crippen molar-refractivity contribution in [3.8, 4) is 0 Å². The molecule has 1 N–H and O–H groups in total. The summed E-state index contributed by atoms with van der Waals surface area (Å²) in [6, 6.07) is 3.89. The fourth-order valence-corrected chi connectivity index (χ4v) is 3.26. The Kier molecular flexibility index (Phi) is 5.58. The van der Waals surface area contributed by atoms with Crippen LogP contribution >= 0.6 is 15.9 Å². The minimum absolute atomic E-state index is 0.158. The number of nitro groups is 1. The molecule has 0 atom stereocenters. The maximum Gasteiger partial charge on any atom is 0.273 e. The Balaban J connectivity index is 2.01. The van der Waals surface area contributed by atoms with E-state index in [2.05, 4.69) is 33.1 Å². The van der Waals surface area contributed by atoms with Gasteiger partial charge in [0, 0.05) is 40.9 Å². The van der Waals surface area contributed by atoms with Crippen LogP contribution in [-0.2, 0) is 0 Å². The SMILES string of the molecule is CCCN1CCC(Nc2cc(C)c([N+](=O)[O-])cc2Br)CC1. The van der Waals surface area contributed by atoms with Gasteiger partial charge in [-0.15, -0.1) is 0 Å². The van der Waals surface area contributed by atoms with Gasteiger partial charge in [0.05, 0.1) is 4.92 Å². The number of hydrogen-bond acceptors (Lipinski definition) is 4. The first-order valence-electron chi connectivity index (χ1n) is 7.44. The van der Waals surface area contributed by atoms with Crippen molar-refractivity contribution in [2.45, 2.75) is 39.2 Å². The van der Waals surface area contributed by atoms with Crippen molar-refractivity contribution in [3.63, 3.8) is 0 Å². The second-order valence-corrected chi connectivity index (χ2v) is 6.49. The smallest absolute Gasteiger partial charge is 0.273 e. The van der Waals surface area contributed by atoms with Crippen molar-refractivity contribution in [1.29, 1.82) is 0 Å². The standard InChI is InChI=1S/C15H22BrN3O2/c1-3-6-18-7-4-12(5-8-18)17-14-9-11(2)15(19(20)21)10-13(14)16/h9-10,12,17H,3-8H2,1-2H3. The van der Waals surface area contributed by atoms with Crippen LogP contribution in [0.15, 0.2) is 16.6 Å². The average molecular weight is 356 g/mol. The second kappa shape index (κ2) is 7.22. The van der Waals surface area contributed by atoms with Crippen molar-refractivity contribution in [2.24, 2.45) is 0 Å². The molecule has 0 aliphatic carbocycles. The minimum atomic E-state index is -0.340. The predicted molar refractivity (Wildman–Crippen MR) is 88.9 cm³/mol. The van der Waals surface area contributed by atoms with E-state index < -0.39 is 0 Å². The predicted octanol–water partition coefficient (Wildman–Crippen LogP) is 3.95. The van der Waals surface area contributed by atoms with E-state index in [9.17, 15) is 10.1 Å². The highest BCUT2D eigenvalue weighted by Gasteiger charge is 2.20. The topological polar surface area (TPSA) is 58.4 Å². The zero-order valence-electron chi connectivity index (χ0n) is 12.6. The molecule has 1 saturated heterocycles. The van der Waals surface area contributed by atoms with Crippen molar-refractivity contribution >= 4 is 27.3 Å². The molecule has 2 rings (SSSR count). The number of nitrogens with zero attached hydrogens (tertiary/aromatic N) is 2. The first-order chi connectivity index (χ1) is 10.0. The van der Waals surface area contributed by atoms with E-state index in [1.807, 2.05) is 6.07 Å². The van der Waals surface area contributed by atoms with Crippen molar-refractivity contribution < 1.29 is 4.92 Å². The third kappa shape index (κ3) is 4.17. The summed E-state index contributed by atoms with van der Waals surface area (Å²) >= 11 is 3.44. The summed E-state index contributed by atoms with van der Waals surface area (Å²) in [6.45, 7) is 7.40. The molecule has 6 heteroatoms. The number of hydrogen-bond donors (Lipinski definition) is 1. The molecule has 21 heavy (non-hydrogen) atoms. The van der Waals surface area contributed by atoms with Gasteiger partial charge < -0.3 is 10.2 Å². The molecule has 1 aromatic carbocycles. The van der Waals surface area contributed by atoms with Gasteiger partial charge in [0.25, 0.3) is 5.69 Å². The monoisotopic (exact) mass is 355 g/mol. The highest BCUT2D eigenvalue weighted by atomic mass is 79.9. The Morgan fingerprint density at radius 3 is 2.67 bits per heavy atom. The van der Waals surface area contributed by atoms with Gasteiger partial charge in [-0.3, -0.25) is 10.1 Å². The summed E-state index contributed by atoms with van der Waals surface area (Å²) in [5.41, 5.74) is 1.80. The number of benzene rings is 1. The van der Waals surface area contributed by atoms with Crippen LogP contribution in [0.3, 0.4) is 0 Å². The molecule has 1 heterocycles. The fourth-order valence-electron chi connectivity index (χ4n) is 2.82. The van der Waals surface area contributed by atoms with Crippen LogP contribution in [0.1, 0.15) is 31.7 Å². The van der Waals surface area contributed by atoms with Crippen molar-refractivity contribution in [3.05, 3.63) is 32.3 Å². The van der Waals surface area contributed by atoms with E-state index in [0.29, 0.717) is 11.6 Å². The molecule has 0 bridgehead atoms. The maximum absolute atomic E-state index is 10.9. The van der Waals surface area contributed by atoms with Crippen molar-refractivity contribution in [2.75, 3.05) is 25.0 Å². The first kappa shape index (κ1) is 16.2. The Labute approximate surface area is 134 Å². The number of aryl methyl sites for hydroxylation is 1. The van der Waals surface area contributed by atoms with E-state index in [1.54, 1.807) is 13.0 Å². The molecule has 0 amide bonds. The Morgan fingerprint density at radius 1 is 1.43 bits per heavy atom. The van der Waals surface area contributed by atoms with Gasteiger partial charge in [-0.1, -0.05) is 6.92 Å². The van der Waals surface area contributed by atoms with Crippen LogP contribution in [0.5, 0.6) is 0 Å². The van der Waals surface area contributed by atoms with Crippen LogP contribution in [0.4, 0.5) is 11.4 Å². The highest BCUT2D eigenvalue weighted by Crippen LogP contribution is 2.31. The van der Waals surface area contributed by atoms with Gasteiger partial charge in [-0.05, 0) is 54.7 Å². The van der Waals surface area contributed by atoms with Gasteiger partial charge in [-0.25, -0.2) is 0 Å². The number of piperidine rings is 1. The van der Waals surface area contributed by atoms with Crippen LogP contribution in [0.2, 0.25) is 0 Å². The molecule has 0 radical (unpaired) electrons. The molecule has 5 nitrogen and oxygen atoms in total. The van der Waals surface area contributed by atoms with E-state index in [1.165, 1.54) is 13.0 Å². The molecule has 1 aliphatic heterocycles. The Hall–Kier alpha value is -1.14. The average Bonchev–Trinajstić information content (AvgIpc) is 2.44. The number of nitrogens with one attached hydrogen (secondary N) is 1. The lowest BCUT2D eigenvalue weighted by atomic mass is 10.0. The molecule has 0 saturated carbocycles. The van der Waals surface area contributed by atoms with E-state index in [4.69, 9.17) is 0 Å². The summed E-state index contributed by atoms with van der Waals surface area (Å²) in [5.74, 6) is 0. The number of likely N-dealkylation sites (tertiary alicyclic amines) is 1. The number of nitro benzene ring substituents is 1. The number of rotatable bonds is 5. The highest BCUT2D eigenvalue weighted by molar-refractivity contribution is 9.10. The minimum Gasteiger partial charge on any atom is -0.381 e. The summed E-state index contributed by atoms with van der Waals surface area (Å²) in [6.07, 6.45) is 3.43. The summed E-state index contributed by atoms with van der Waals surface area (Å²) in [7, 11) is 0. The Bertz CT molecular complexity index is 514. The van der Waals surface area contributed by atoms with Crippen LogP contribution in [0, 0.1) is 17.0 Å². The Morgan fingerprint density at radius 2 is 2.10 bits per heavy atom. The lowest BCUT2D eigenvalue weighted by Crippen LogP contribution is -2.39.